The van der Waals surface area contributed by atoms with Crippen LogP contribution in [0.2, 0.25) is 0 Å². The fraction of sp³-hybridized carbons (Fsp3) is 0.154. The summed E-state index contributed by atoms with van der Waals surface area (Å²) >= 11 is 0. The van der Waals surface area contributed by atoms with E-state index in [2.05, 4.69) is 4.98 Å². The minimum Gasteiger partial charge on any atom is -0.465 e. The first-order valence-electron chi connectivity index (χ1n) is 5.05. The number of esters is 1. The van der Waals surface area contributed by atoms with Gasteiger partial charge in [-0.15, -0.1) is 0 Å². The maximum Gasteiger partial charge on any atom is 0.340 e. The highest BCUT2D eigenvalue weighted by molar-refractivity contribution is 5.96. The van der Waals surface area contributed by atoms with E-state index in [-0.39, 0.29) is 5.97 Å². The molecule has 2 aromatic rings. The SMILES string of the molecule is COC(=O)c1cc[nH]c1-c1ccc(C)cc1. The number of aromatic nitrogens is 1. The molecule has 82 valence electrons. The van der Waals surface area contributed by atoms with Crippen LogP contribution in [0.25, 0.3) is 11.3 Å². The van der Waals surface area contributed by atoms with Crippen LogP contribution in [0.5, 0.6) is 0 Å². The predicted octanol–water partition coefficient (Wildman–Crippen LogP) is 2.78. The van der Waals surface area contributed by atoms with Crippen molar-refractivity contribution < 1.29 is 9.53 Å². The van der Waals surface area contributed by atoms with Gasteiger partial charge in [-0.3, -0.25) is 0 Å². The molecule has 1 heterocycles. The molecule has 0 aliphatic heterocycles. The van der Waals surface area contributed by atoms with E-state index in [1.165, 1.54) is 12.7 Å². The fourth-order valence-electron chi connectivity index (χ4n) is 1.61. The molecule has 0 fully saturated rings. The van der Waals surface area contributed by atoms with Gasteiger partial charge >= 0.3 is 5.97 Å². The average Bonchev–Trinajstić information content (AvgIpc) is 2.78. The molecule has 1 aromatic heterocycles. The van der Waals surface area contributed by atoms with Crippen molar-refractivity contribution in [2.45, 2.75) is 6.92 Å². The molecule has 2 rings (SSSR count). The largest absolute Gasteiger partial charge is 0.465 e. The Bertz CT molecular complexity index is 497. The fourth-order valence-corrected chi connectivity index (χ4v) is 1.61. The lowest BCUT2D eigenvalue weighted by Crippen LogP contribution is -2.01. The molecule has 0 saturated heterocycles. The molecule has 3 nitrogen and oxygen atoms in total. The number of hydrogen-bond acceptors (Lipinski definition) is 2. The number of H-pyrrole nitrogens is 1. The Labute approximate surface area is 94.1 Å². The molecule has 0 radical (unpaired) electrons. The second kappa shape index (κ2) is 4.23. The Morgan fingerprint density at radius 3 is 2.50 bits per heavy atom. The van der Waals surface area contributed by atoms with Crippen LogP contribution < -0.4 is 0 Å². The summed E-state index contributed by atoms with van der Waals surface area (Å²) in [6.45, 7) is 2.03. The zero-order valence-electron chi connectivity index (χ0n) is 9.28. The van der Waals surface area contributed by atoms with Crippen molar-refractivity contribution in [1.82, 2.24) is 4.98 Å². The number of hydrogen-bond donors (Lipinski definition) is 1. The number of rotatable bonds is 2. The van der Waals surface area contributed by atoms with Gasteiger partial charge in [-0.1, -0.05) is 29.8 Å². The monoisotopic (exact) mass is 215 g/mol. The van der Waals surface area contributed by atoms with E-state index in [1.54, 1.807) is 12.3 Å². The molecular formula is C13H13NO2. The maximum absolute atomic E-state index is 11.5. The summed E-state index contributed by atoms with van der Waals surface area (Å²) in [5.41, 5.74) is 3.53. The van der Waals surface area contributed by atoms with Gasteiger partial charge in [-0.2, -0.15) is 0 Å². The average molecular weight is 215 g/mol. The molecule has 0 unspecified atom stereocenters. The first-order valence-corrected chi connectivity index (χ1v) is 5.05. The lowest BCUT2D eigenvalue weighted by atomic mass is 10.1. The number of carbonyl (C=O) groups is 1. The van der Waals surface area contributed by atoms with E-state index in [1.807, 2.05) is 31.2 Å². The second-order valence-electron chi connectivity index (χ2n) is 3.62. The van der Waals surface area contributed by atoms with Crippen LogP contribution in [0, 0.1) is 6.92 Å². The highest BCUT2D eigenvalue weighted by atomic mass is 16.5. The molecule has 0 saturated carbocycles. The maximum atomic E-state index is 11.5. The molecule has 0 aliphatic carbocycles. The van der Waals surface area contributed by atoms with E-state index in [9.17, 15) is 4.79 Å². The molecule has 16 heavy (non-hydrogen) atoms. The predicted molar refractivity (Wildman–Crippen MR) is 62.3 cm³/mol. The third kappa shape index (κ3) is 1.84. The lowest BCUT2D eigenvalue weighted by Gasteiger charge is -2.03. The number of carbonyl (C=O) groups excluding carboxylic acids is 1. The Morgan fingerprint density at radius 2 is 1.88 bits per heavy atom. The summed E-state index contributed by atoms with van der Waals surface area (Å²) in [5, 5.41) is 0. The summed E-state index contributed by atoms with van der Waals surface area (Å²) < 4.78 is 4.72. The van der Waals surface area contributed by atoms with Gasteiger partial charge in [0, 0.05) is 6.20 Å². The third-order valence-corrected chi connectivity index (χ3v) is 2.49. The van der Waals surface area contributed by atoms with Crippen LogP contribution in [0.4, 0.5) is 0 Å². The standard InChI is InChI=1S/C13H13NO2/c1-9-3-5-10(6-4-9)12-11(7-8-14-12)13(15)16-2/h3-8,14H,1-2H3. The number of nitrogens with one attached hydrogen (secondary N) is 1. The minimum absolute atomic E-state index is 0.322. The van der Waals surface area contributed by atoms with Gasteiger partial charge in [0.25, 0.3) is 0 Å². The van der Waals surface area contributed by atoms with Crippen molar-refractivity contribution in [1.29, 1.82) is 0 Å². The van der Waals surface area contributed by atoms with Crippen molar-refractivity contribution in [3.05, 3.63) is 47.7 Å². The molecule has 0 bridgehead atoms. The molecule has 3 heteroatoms. The van der Waals surface area contributed by atoms with Crippen molar-refractivity contribution in [3.63, 3.8) is 0 Å². The van der Waals surface area contributed by atoms with Crippen molar-refractivity contribution in [2.75, 3.05) is 7.11 Å². The van der Waals surface area contributed by atoms with Crippen LogP contribution in [-0.4, -0.2) is 18.1 Å². The number of aromatic amines is 1. The number of ether oxygens (including phenoxy) is 1. The van der Waals surface area contributed by atoms with Crippen molar-refractivity contribution >= 4 is 5.97 Å². The van der Waals surface area contributed by atoms with Gasteiger partial charge < -0.3 is 9.72 Å². The van der Waals surface area contributed by atoms with E-state index < -0.39 is 0 Å². The van der Waals surface area contributed by atoms with Gasteiger partial charge in [-0.25, -0.2) is 4.79 Å². The summed E-state index contributed by atoms with van der Waals surface area (Å²) in [7, 11) is 1.38. The van der Waals surface area contributed by atoms with Gasteiger partial charge in [0.2, 0.25) is 0 Å². The summed E-state index contributed by atoms with van der Waals surface area (Å²) in [5.74, 6) is -0.322. The lowest BCUT2D eigenvalue weighted by molar-refractivity contribution is 0.0602. The van der Waals surface area contributed by atoms with Gasteiger partial charge in [-0.05, 0) is 18.6 Å². The van der Waals surface area contributed by atoms with E-state index in [0.717, 1.165) is 11.3 Å². The van der Waals surface area contributed by atoms with Crippen LogP contribution in [0.3, 0.4) is 0 Å². The quantitative estimate of drug-likeness (QED) is 0.783. The van der Waals surface area contributed by atoms with E-state index >= 15 is 0 Å². The second-order valence-corrected chi connectivity index (χ2v) is 3.62. The first kappa shape index (κ1) is 10.5. The zero-order valence-corrected chi connectivity index (χ0v) is 9.28. The molecular weight excluding hydrogens is 202 g/mol. The van der Waals surface area contributed by atoms with Crippen LogP contribution in [0.1, 0.15) is 15.9 Å². The highest BCUT2D eigenvalue weighted by Gasteiger charge is 2.13. The third-order valence-electron chi connectivity index (χ3n) is 2.49. The van der Waals surface area contributed by atoms with Gasteiger partial charge in [0.15, 0.2) is 0 Å². The molecule has 0 atom stereocenters. The summed E-state index contributed by atoms with van der Waals surface area (Å²) in [4.78, 5) is 14.5. The molecule has 0 spiro atoms. The van der Waals surface area contributed by atoms with Crippen LogP contribution in [0.15, 0.2) is 36.5 Å². The van der Waals surface area contributed by atoms with Crippen molar-refractivity contribution in [3.8, 4) is 11.3 Å². The molecule has 1 aromatic carbocycles. The minimum atomic E-state index is -0.322. The Kier molecular flexibility index (Phi) is 2.77. The highest BCUT2D eigenvalue weighted by Crippen LogP contribution is 2.22. The smallest absolute Gasteiger partial charge is 0.340 e. The first-order chi connectivity index (χ1) is 7.72. The normalized spacial score (nSPS) is 10.1. The Hall–Kier alpha value is -2.03. The summed E-state index contributed by atoms with van der Waals surface area (Å²) in [6, 6.07) is 9.71. The van der Waals surface area contributed by atoms with E-state index in [0.29, 0.717) is 5.56 Å². The Morgan fingerprint density at radius 1 is 1.19 bits per heavy atom. The van der Waals surface area contributed by atoms with E-state index in [4.69, 9.17) is 4.74 Å². The number of benzene rings is 1. The number of methoxy groups -OCH3 is 1. The zero-order chi connectivity index (χ0) is 11.5. The molecule has 1 N–H and O–H groups in total. The van der Waals surface area contributed by atoms with Crippen LogP contribution in [-0.2, 0) is 4.74 Å². The number of aryl methyl sites for hydroxylation is 1. The summed E-state index contributed by atoms with van der Waals surface area (Å²) in [6.07, 6.45) is 1.74. The topological polar surface area (TPSA) is 42.1 Å². The molecule has 0 aliphatic rings. The molecule has 0 amide bonds. The van der Waals surface area contributed by atoms with Gasteiger partial charge in [0.05, 0.1) is 18.4 Å². The van der Waals surface area contributed by atoms with Gasteiger partial charge in [0.1, 0.15) is 0 Å². The van der Waals surface area contributed by atoms with Crippen LogP contribution >= 0.6 is 0 Å². The Balaban J connectivity index is 2.44. The van der Waals surface area contributed by atoms with Crippen molar-refractivity contribution in [2.24, 2.45) is 0 Å².